The summed E-state index contributed by atoms with van der Waals surface area (Å²) in [6, 6.07) is 6.06. The first-order valence-electron chi connectivity index (χ1n) is 8.51. The summed E-state index contributed by atoms with van der Waals surface area (Å²) in [6.07, 6.45) is 3.98. The van der Waals surface area contributed by atoms with Gasteiger partial charge in [0.05, 0.1) is 11.9 Å². The minimum atomic E-state index is 0.768. The van der Waals surface area contributed by atoms with Crippen LogP contribution in [0.2, 0.25) is 0 Å². The third kappa shape index (κ3) is 2.60. The molecule has 0 spiro atoms. The summed E-state index contributed by atoms with van der Waals surface area (Å²) >= 11 is 1.65. The molecule has 1 aliphatic rings. The van der Waals surface area contributed by atoms with Gasteiger partial charge in [-0.05, 0) is 23.6 Å². The van der Waals surface area contributed by atoms with Gasteiger partial charge in [-0.3, -0.25) is 4.68 Å². The predicted molar refractivity (Wildman–Crippen MR) is 102 cm³/mol. The van der Waals surface area contributed by atoms with Gasteiger partial charge in [-0.25, -0.2) is 0 Å². The average Bonchev–Trinajstić information content (AvgIpc) is 3.41. The second-order valence-corrected chi connectivity index (χ2v) is 7.12. The van der Waals surface area contributed by atoms with E-state index in [1.54, 1.807) is 11.3 Å². The van der Waals surface area contributed by atoms with Crippen molar-refractivity contribution in [3.63, 3.8) is 0 Å². The van der Waals surface area contributed by atoms with Crippen LogP contribution in [0, 0.1) is 0 Å². The van der Waals surface area contributed by atoms with Crippen LogP contribution in [-0.2, 0) is 7.05 Å². The molecule has 0 bridgehead atoms. The molecule has 0 saturated carbocycles. The first-order chi connectivity index (χ1) is 12.8. The van der Waals surface area contributed by atoms with E-state index in [0.29, 0.717) is 0 Å². The lowest BCUT2D eigenvalue weighted by Gasteiger charge is -2.35. The third-order valence-electron chi connectivity index (χ3n) is 4.69. The van der Waals surface area contributed by atoms with Crippen molar-refractivity contribution in [1.82, 2.24) is 29.6 Å². The Hall–Kier alpha value is -2.94. The highest BCUT2D eigenvalue weighted by Gasteiger charge is 2.20. The number of piperazine rings is 1. The monoisotopic (exact) mass is 366 g/mol. The van der Waals surface area contributed by atoms with Crippen LogP contribution in [0.3, 0.4) is 0 Å². The van der Waals surface area contributed by atoms with Gasteiger partial charge in [-0.2, -0.15) is 21.0 Å². The van der Waals surface area contributed by atoms with Crippen LogP contribution in [0.25, 0.3) is 17.0 Å². The second kappa shape index (κ2) is 6.10. The van der Waals surface area contributed by atoms with E-state index in [2.05, 4.69) is 36.7 Å². The lowest BCUT2D eigenvalue weighted by atomic mass is 10.3. The maximum Gasteiger partial charge on any atom is 0.186 e. The van der Waals surface area contributed by atoms with Gasteiger partial charge < -0.3 is 9.80 Å². The highest BCUT2D eigenvalue weighted by molar-refractivity contribution is 7.08. The lowest BCUT2D eigenvalue weighted by molar-refractivity contribution is 0.641. The van der Waals surface area contributed by atoms with Gasteiger partial charge in [-0.15, -0.1) is 15.3 Å². The Bertz CT molecular complexity index is 1030. The molecule has 26 heavy (non-hydrogen) atoms. The molecule has 4 aromatic heterocycles. The Morgan fingerprint density at radius 1 is 1.00 bits per heavy atom. The molecule has 4 aromatic rings. The van der Waals surface area contributed by atoms with Crippen LogP contribution < -0.4 is 9.80 Å². The van der Waals surface area contributed by atoms with Crippen LogP contribution in [-0.4, -0.2) is 55.8 Å². The van der Waals surface area contributed by atoms with Crippen molar-refractivity contribution < 1.29 is 0 Å². The normalized spacial score (nSPS) is 15.1. The molecule has 0 aromatic carbocycles. The van der Waals surface area contributed by atoms with Crippen molar-refractivity contribution in [2.75, 3.05) is 36.0 Å². The zero-order chi connectivity index (χ0) is 17.5. The summed E-state index contributed by atoms with van der Waals surface area (Å²) in [5.74, 6) is 1.75. The third-order valence-corrected chi connectivity index (χ3v) is 5.37. The van der Waals surface area contributed by atoms with Gasteiger partial charge in [0.15, 0.2) is 11.5 Å². The van der Waals surface area contributed by atoms with Gasteiger partial charge in [0.2, 0.25) is 0 Å². The van der Waals surface area contributed by atoms with Gasteiger partial charge in [0, 0.05) is 50.4 Å². The Kier molecular flexibility index (Phi) is 3.59. The van der Waals surface area contributed by atoms with Crippen molar-refractivity contribution in [2.24, 2.45) is 7.05 Å². The summed E-state index contributed by atoms with van der Waals surface area (Å²) in [4.78, 5) is 4.67. The van der Waals surface area contributed by atoms with Crippen molar-refractivity contribution in [3.05, 3.63) is 41.4 Å². The van der Waals surface area contributed by atoms with Crippen LogP contribution >= 0.6 is 11.3 Å². The quantitative estimate of drug-likeness (QED) is 0.552. The zero-order valence-corrected chi connectivity index (χ0v) is 15.2. The first-order valence-corrected chi connectivity index (χ1v) is 9.46. The number of aryl methyl sites for hydroxylation is 1. The molecule has 1 aliphatic heterocycles. The van der Waals surface area contributed by atoms with Gasteiger partial charge >= 0.3 is 0 Å². The van der Waals surface area contributed by atoms with E-state index in [1.165, 1.54) is 5.69 Å². The summed E-state index contributed by atoms with van der Waals surface area (Å²) in [6.45, 7) is 3.74. The van der Waals surface area contributed by atoms with Crippen molar-refractivity contribution in [1.29, 1.82) is 0 Å². The molecule has 8 nitrogen and oxygen atoms in total. The smallest absolute Gasteiger partial charge is 0.186 e. The first kappa shape index (κ1) is 15.3. The van der Waals surface area contributed by atoms with Gasteiger partial charge in [0.1, 0.15) is 5.82 Å². The topological polar surface area (TPSA) is 67.4 Å². The van der Waals surface area contributed by atoms with Crippen molar-refractivity contribution in [2.45, 2.75) is 0 Å². The fraction of sp³-hybridized carbons (Fsp3) is 0.294. The fourth-order valence-electron chi connectivity index (χ4n) is 3.28. The molecule has 0 atom stereocenters. The van der Waals surface area contributed by atoms with E-state index >= 15 is 0 Å². The molecule has 1 saturated heterocycles. The number of anilines is 2. The number of fused-ring (bicyclic) bond motifs is 1. The molecule has 0 N–H and O–H groups in total. The molecule has 0 radical (unpaired) electrons. The summed E-state index contributed by atoms with van der Waals surface area (Å²) < 4.78 is 3.68. The maximum atomic E-state index is 4.80. The fourth-order valence-corrected chi connectivity index (χ4v) is 3.92. The average molecular weight is 366 g/mol. The SMILES string of the molecule is Cn1cc(N2CCN(c3ccc4nnc(-c5ccsc5)n4n3)CC2)cn1. The Morgan fingerprint density at radius 2 is 1.85 bits per heavy atom. The van der Waals surface area contributed by atoms with E-state index in [0.717, 1.165) is 49.0 Å². The Labute approximate surface area is 154 Å². The number of hydrogen-bond acceptors (Lipinski definition) is 7. The Balaban J connectivity index is 1.39. The molecular weight excluding hydrogens is 348 g/mol. The largest absolute Gasteiger partial charge is 0.365 e. The predicted octanol–water partition coefficient (Wildman–Crippen LogP) is 1.91. The molecule has 5 heterocycles. The van der Waals surface area contributed by atoms with Gasteiger partial charge in [-0.1, -0.05) is 0 Å². The van der Waals surface area contributed by atoms with Crippen molar-refractivity contribution in [3.8, 4) is 11.4 Å². The van der Waals surface area contributed by atoms with Crippen molar-refractivity contribution >= 4 is 28.5 Å². The van der Waals surface area contributed by atoms with Gasteiger partial charge in [0.25, 0.3) is 0 Å². The number of aromatic nitrogens is 6. The van der Waals surface area contributed by atoms with Crippen LogP contribution in [0.15, 0.2) is 41.4 Å². The van der Waals surface area contributed by atoms with Crippen LogP contribution in [0.1, 0.15) is 0 Å². The number of hydrogen-bond donors (Lipinski definition) is 0. The summed E-state index contributed by atoms with van der Waals surface area (Å²) in [5.41, 5.74) is 2.99. The van der Waals surface area contributed by atoms with E-state index in [1.807, 2.05) is 46.0 Å². The molecule has 0 amide bonds. The molecule has 5 rings (SSSR count). The number of rotatable bonds is 3. The molecule has 132 valence electrons. The highest BCUT2D eigenvalue weighted by atomic mass is 32.1. The van der Waals surface area contributed by atoms with E-state index in [4.69, 9.17) is 5.10 Å². The van der Waals surface area contributed by atoms with E-state index in [-0.39, 0.29) is 0 Å². The second-order valence-electron chi connectivity index (χ2n) is 6.34. The number of thiophene rings is 1. The summed E-state index contributed by atoms with van der Waals surface area (Å²) in [5, 5.41) is 21.7. The lowest BCUT2D eigenvalue weighted by Crippen LogP contribution is -2.46. The van der Waals surface area contributed by atoms with Crippen LogP contribution in [0.5, 0.6) is 0 Å². The molecule has 0 unspecified atom stereocenters. The standard InChI is InChI=1S/C17H18N8S/c1-22-11-14(10-18-22)23-5-7-24(8-6-23)16-3-2-15-19-20-17(25(15)21-16)13-4-9-26-12-13/h2-4,9-12H,5-8H2,1H3. The van der Waals surface area contributed by atoms with Crippen LogP contribution in [0.4, 0.5) is 11.5 Å². The molecular formula is C17H18N8S. The molecule has 0 aliphatic carbocycles. The number of nitrogens with zero attached hydrogens (tertiary/aromatic N) is 8. The minimum absolute atomic E-state index is 0.768. The minimum Gasteiger partial charge on any atom is -0.365 e. The van der Waals surface area contributed by atoms with E-state index in [9.17, 15) is 0 Å². The van der Waals surface area contributed by atoms with E-state index < -0.39 is 0 Å². The molecule has 1 fully saturated rings. The highest BCUT2D eigenvalue weighted by Crippen LogP contribution is 2.23. The molecule has 9 heteroatoms. The maximum absolute atomic E-state index is 4.80. The Morgan fingerprint density at radius 3 is 2.58 bits per heavy atom. The zero-order valence-electron chi connectivity index (χ0n) is 14.4. The summed E-state index contributed by atoms with van der Waals surface area (Å²) in [7, 11) is 1.95.